The van der Waals surface area contributed by atoms with Gasteiger partial charge in [-0.15, -0.1) is 0 Å². The molecule has 0 unspecified atom stereocenters. The Kier molecular flexibility index (Phi) is 4.68. The van der Waals surface area contributed by atoms with Crippen molar-refractivity contribution in [3.8, 4) is 0 Å². The van der Waals surface area contributed by atoms with Gasteiger partial charge in [0.1, 0.15) is 0 Å². The molecule has 1 N–H and O–H groups in total. The molecule has 0 saturated heterocycles. The van der Waals surface area contributed by atoms with Crippen molar-refractivity contribution in [3.05, 3.63) is 10.6 Å². The third kappa shape index (κ3) is 5.77. The van der Waals surface area contributed by atoms with E-state index >= 15 is 0 Å². The minimum absolute atomic E-state index is 0.607. The zero-order valence-electron chi connectivity index (χ0n) is 5.87. The van der Waals surface area contributed by atoms with Crippen LogP contribution in [0.3, 0.4) is 0 Å². The van der Waals surface area contributed by atoms with E-state index < -0.39 is 0 Å². The molecule has 0 aliphatic rings. The number of rotatable bonds is 3. The van der Waals surface area contributed by atoms with E-state index in [4.69, 9.17) is 5.41 Å². The molecule has 0 bridgehead atoms. The van der Waals surface area contributed by atoms with Gasteiger partial charge in [-0.2, -0.15) is 0 Å². The molecule has 0 aromatic rings. The van der Waals surface area contributed by atoms with Crippen molar-refractivity contribution in [1.29, 1.82) is 5.41 Å². The van der Waals surface area contributed by atoms with Crippen molar-refractivity contribution in [2.45, 2.75) is 26.7 Å². The molecule has 0 amide bonds. The number of halogens is 1. The molecule has 2 heteroatoms. The van der Waals surface area contributed by atoms with Gasteiger partial charge in [-0.3, -0.25) is 0 Å². The normalized spacial score (nSPS) is 11.7. The van der Waals surface area contributed by atoms with Crippen molar-refractivity contribution < 1.29 is 0 Å². The van der Waals surface area contributed by atoms with Gasteiger partial charge in [0.15, 0.2) is 0 Å². The predicted octanol–water partition coefficient (Wildman–Crippen LogP) is 3.10. The van der Waals surface area contributed by atoms with Gasteiger partial charge in [-0.05, 0) is 23.9 Å². The van der Waals surface area contributed by atoms with Crippen LogP contribution in [0.5, 0.6) is 0 Å². The van der Waals surface area contributed by atoms with Crippen LogP contribution >= 0.6 is 15.9 Å². The fourth-order valence-corrected chi connectivity index (χ4v) is 1.29. The first-order valence-electron chi connectivity index (χ1n) is 3.08. The van der Waals surface area contributed by atoms with Crippen molar-refractivity contribution in [1.82, 2.24) is 0 Å². The molecule has 0 radical (unpaired) electrons. The maximum Gasteiger partial charge on any atom is 0.0290 e. The first kappa shape index (κ1) is 8.89. The molecule has 0 atom stereocenters. The second-order valence-corrected chi connectivity index (χ2v) is 3.04. The monoisotopic (exact) mass is 189 g/mol. The minimum Gasteiger partial charge on any atom is -0.306 e. The molecule has 0 heterocycles. The molecule has 52 valence electrons. The van der Waals surface area contributed by atoms with E-state index in [1.807, 2.05) is 6.08 Å². The summed E-state index contributed by atoms with van der Waals surface area (Å²) < 4.78 is 1.12. The summed E-state index contributed by atoms with van der Waals surface area (Å²) in [6.45, 7) is 3.89. The van der Waals surface area contributed by atoms with E-state index in [0.29, 0.717) is 5.71 Å². The van der Waals surface area contributed by atoms with E-state index in [2.05, 4.69) is 22.9 Å². The molecule has 0 rings (SSSR count). The van der Waals surface area contributed by atoms with E-state index in [0.717, 1.165) is 17.3 Å². The summed E-state index contributed by atoms with van der Waals surface area (Å²) >= 11 is 3.36. The molecule has 0 saturated carbocycles. The number of hydrogen-bond donors (Lipinski definition) is 1. The zero-order chi connectivity index (χ0) is 7.28. The van der Waals surface area contributed by atoms with Gasteiger partial charge in [-0.25, -0.2) is 0 Å². The van der Waals surface area contributed by atoms with E-state index in [1.54, 1.807) is 6.92 Å². The van der Waals surface area contributed by atoms with Gasteiger partial charge in [-0.1, -0.05) is 29.3 Å². The molecular formula is C7H12BrN. The first-order chi connectivity index (χ1) is 4.16. The Morgan fingerprint density at radius 3 is 2.56 bits per heavy atom. The van der Waals surface area contributed by atoms with Gasteiger partial charge in [0.25, 0.3) is 0 Å². The van der Waals surface area contributed by atoms with E-state index in [1.165, 1.54) is 0 Å². The second kappa shape index (κ2) is 4.74. The van der Waals surface area contributed by atoms with Crippen LogP contribution in [-0.4, -0.2) is 5.71 Å². The molecule has 0 spiro atoms. The van der Waals surface area contributed by atoms with Crippen LogP contribution < -0.4 is 0 Å². The van der Waals surface area contributed by atoms with Crippen LogP contribution in [0.1, 0.15) is 26.7 Å². The van der Waals surface area contributed by atoms with Crippen LogP contribution in [0.25, 0.3) is 0 Å². The third-order valence-corrected chi connectivity index (χ3v) is 1.49. The number of nitrogens with one attached hydrogen (secondary N) is 1. The summed E-state index contributed by atoms with van der Waals surface area (Å²) in [5, 5.41) is 7.10. The maximum absolute atomic E-state index is 7.10. The molecule has 0 aromatic heterocycles. The highest BCUT2D eigenvalue weighted by molar-refractivity contribution is 9.11. The first-order valence-corrected chi connectivity index (χ1v) is 3.87. The summed E-state index contributed by atoms with van der Waals surface area (Å²) in [7, 11) is 0. The Morgan fingerprint density at radius 1 is 1.67 bits per heavy atom. The SMILES string of the molecule is CCCC(Br)=CC(C)=N. The zero-order valence-corrected chi connectivity index (χ0v) is 7.46. The minimum atomic E-state index is 0.607. The fourth-order valence-electron chi connectivity index (χ4n) is 0.546. The van der Waals surface area contributed by atoms with Crippen molar-refractivity contribution in [2.24, 2.45) is 0 Å². The van der Waals surface area contributed by atoms with Crippen LogP contribution in [0.2, 0.25) is 0 Å². The Labute approximate surface area is 64.8 Å². The molecule has 0 aliphatic carbocycles. The Bertz CT molecular complexity index is 127. The number of hydrogen-bond acceptors (Lipinski definition) is 1. The van der Waals surface area contributed by atoms with Crippen LogP contribution in [-0.2, 0) is 0 Å². The Morgan fingerprint density at radius 2 is 2.22 bits per heavy atom. The van der Waals surface area contributed by atoms with Crippen LogP contribution in [0, 0.1) is 5.41 Å². The summed E-state index contributed by atoms with van der Waals surface area (Å²) in [4.78, 5) is 0. The van der Waals surface area contributed by atoms with E-state index in [-0.39, 0.29) is 0 Å². The lowest BCUT2D eigenvalue weighted by Gasteiger charge is -1.92. The molecule has 1 nitrogen and oxygen atoms in total. The van der Waals surface area contributed by atoms with Gasteiger partial charge >= 0.3 is 0 Å². The molecule has 0 fully saturated rings. The van der Waals surface area contributed by atoms with Crippen LogP contribution in [0.15, 0.2) is 10.6 Å². The van der Waals surface area contributed by atoms with Gasteiger partial charge in [0.05, 0.1) is 0 Å². The predicted molar refractivity (Wildman–Crippen MR) is 45.3 cm³/mol. The fraction of sp³-hybridized carbons (Fsp3) is 0.571. The highest BCUT2D eigenvalue weighted by atomic mass is 79.9. The lowest BCUT2D eigenvalue weighted by Crippen LogP contribution is -1.81. The van der Waals surface area contributed by atoms with E-state index in [9.17, 15) is 0 Å². The standard InChI is InChI=1S/C7H12BrN/c1-3-4-7(8)5-6(2)9/h5,9H,3-4H2,1-2H3. The van der Waals surface area contributed by atoms with Crippen molar-refractivity contribution in [2.75, 3.05) is 0 Å². The van der Waals surface area contributed by atoms with Crippen molar-refractivity contribution in [3.63, 3.8) is 0 Å². The summed E-state index contributed by atoms with van der Waals surface area (Å²) in [5.74, 6) is 0. The average Bonchev–Trinajstić information content (AvgIpc) is 1.63. The lowest BCUT2D eigenvalue weighted by molar-refractivity contribution is 0.951. The third-order valence-electron chi connectivity index (χ3n) is 0.862. The van der Waals surface area contributed by atoms with Gasteiger partial charge in [0.2, 0.25) is 0 Å². The lowest BCUT2D eigenvalue weighted by atomic mass is 10.3. The van der Waals surface area contributed by atoms with Crippen LogP contribution in [0.4, 0.5) is 0 Å². The maximum atomic E-state index is 7.10. The topological polar surface area (TPSA) is 23.9 Å². The highest BCUT2D eigenvalue weighted by Crippen LogP contribution is 2.11. The Hall–Kier alpha value is -0.110. The molecule has 9 heavy (non-hydrogen) atoms. The Balaban J connectivity index is 3.69. The average molecular weight is 190 g/mol. The molecule has 0 aliphatic heterocycles. The largest absolute Gasteiger partial charge is 0.306 e. The quantitative estimate of drug-likeness (QED) is 0.661. The number of allylic oxidation sites excluding steroid dienone is 2. The van der Waals surface area contributed by atoms with Gasteiger partial charge < -0.3 is 5.41 Å². The second-order valence-electron chi connectivity index (χ2n) is 2.02. The summed E-state index contributed by atoms with van der Waals surface area (Å²) in [6, 6.07) is 0. The molecule has 0 aromatic carbocycles. The smallest absolute Gasteiger partial charge is 0.0290 e. The van der Waals surface area contributed by atoms with Crippen molar-refractivity contribution >= 4 is 21.6 Å². The molecular weight excluding hydrogens is 178 g/mol. The summed E-state index contributed by atoms with van der Waals surface area (Å²) in [5.41, 5.74) is 0.607. The van der Waals surface area contributed by atoms with Gasteiger partial charge in [0, 0.05) is 5.71 Å². The highest BCUT2D eigenvalue weighted by Gasteiger charge is 1.88. The summed E-state index contributed by atoms with van der Waals surface area (Å²) in [6.07, 6.45) is 4.00.